The molecule has 0 saturated heterocycles. The summed E-state index contributed by atoms with van der Waals surface area (Å²) >= 11 is 0. The molecule has 2 N–H and O–H groups in total. The zero-order valence-electron chi connectivity index (χ0n) is 23.3. The number of benzene rings is 3. The first-order chi connectivity index (χ1) is 20.4. The molecule has 224 valence electrons. The number of hydrogen-bond donors (Lipinski definition) is 2. The molecule has 4 rings (SSSR count). The molecule has 0 radical (unpaired) electrons. The Morgan fingerprint density at radius 1 is 0.930 bits per heavy atom. The van der Waals surface area contributed by atoms with Gasteiger partial charge in [-0.2, -0.15) is 13.2 Å². The minimum Gasteiger partial charge on any atom is -0.491 e. The van der Waals surface area contributed by atoms with E-state index < -0.39 is 35.2 Å². The number of pyridine rings is 1. The molecule has 1 aromatic heterocycles. The Hall–Kier alpha value is -4.90. The summed E-state index contributed by atoms with van der Waals surface area (Å²) < 4.78 is 51.2. The quantitative estimate of drug-likeness (QED) is 0.208. The lowest BCUT2D eigenvalue weighted by Crippen LogP contribution is -2.34. The molecule has 0 saturated carbocycles. The molecule has 3 aromatic carbocycles. The number of carboxylic acids is 1. The zero-order chi connectivity index (χ0) is 31.1. The minimum atomic E-state index is -4.58. The van der Waals surface area contributed by atoms with Crippen molar-refractivity contribution in [2.24, 2.45) is 0 Å². The fourth-order valence-electron chi connectivity index (χ4n) is 4.22. The smallest absolute Gasteiger partial charge is 0.416 e. The monoisotopic (exact) mass is 594 g/mol. The fourth-order valence-corrected chi connectivity index (χ4v) is 4.22. The lowest BCUT2D eigenvalue weighted by Gasteiger charge is -2.19. The molecule has 0 fully saturated rings. The first kappa shape index (κ1) is 31.0. The highest BCUT2D eigenvalue weighted by molar-refractivity contribution is 6.04. The number of carbonyl (C=O) groups is 2. The molecule has 1 amide bonds. The van der Waals surface area contributed by atoms with E-state index in [1.807, 2.05) is 44.2 Å². The van der Waals surface area contributed by atoms with Crippen LogP contribution in [0, 0.1) is 0 Å². The van der Waals surface area contributed by atoms with Crippen LogP contribution in [0.5, 0.6) is 5.75 Å². The van der Waals surface area contributed by atoms with E-state index in [2.05, 4.69) is 5.32 Å². The maximum Gasteiger partial charge on any atom is 0.416 e. The van der Waals surface area contributed by atoms with Gasteiger partial charge >= 0.3 is 12.1 Å². The van der Waals surface area contributed by atoms with Crippen molar-refractivity contribution in [1.29, 1.82) is 0 Å². The van der Waals surface area contributed by atoms with Crippen LogP contribution in [0.2, 0.25) is 0 Å². The van der Waals surface area contributed by atoms with Gasteiger partial charge in [0.05, 0.1) is 24.9 Å². The number of amides is 1. The summed E-state index contributed by atoms with van der Waals surface area (Å²) in [6.07, 6.45) is -3.28. The molecular formula is C32H29F3N2O6. The van der Waals surface area contributed by atoms with E-state index in [4.69, 9.17) is 9.47 Å². The van der Waals surface area contributed by atoms with Gasteiger partial charge in [0.2, 0.25) is 0 Å². The highest BCUT2D eigenvalue weighted by Crippen LogP contribution is 2.29. The second-order valence-electron chi connectivity index (χ2n) is 9.93. The minimum absolute atomic E-state index is 0.0630. The van der Waals surface area contributed by atoms with E-state index in [1.165, 1.54) is 12.3 Å². The van der Waals surface area contributed by atoms with Gasteiger partial charge < -0.3 is 19.9 Å². The predicted molar refractivity (Wildman–Crippen MR) is 154 cm³/mol. The van der Waals surface area contributed by atoms with Crippen LogP contribution in [0.4, 0.5) is 18.9 Å². The standard InChI is InChI=1S/C32H29F3N2O6/c1-20(2)43-26-14-10-22(11-15-26)24-16-27(36-29(38)23-8-12-25(13-9-23)32(33,34)35)30(39)37(17-24)28(31(40)41)19-42-18-21-6-4-3-5-7-21/h3-17,20,28H,18-19H2,1-2H3,(H,36,38)(H,40,41). The average Bonchev–Trinajstić information content (AvgIpc) is 2.97. The number of nitrogens with one attached hydrogen (secondary N) is 1. The molecule has 0 aliphatic rings. The molecule has 4 aromatic rings. The Morgan fingerprint density at radius 3 is 2.16 bits per heavy atom. The van der Waals surface area contributed by atoms with Crippen LogP contribution in [-0.2, 0) is 22.3 Å². The van der Waals surface area contributed by atoms with Gasteiger partial charge in [0.1, 0.15) is 11.4 Å². The molecule has 0 spiro atoms. The summed E-state index contributed by atoms with van der Waals surface area (Å²) in [6, 6.07) is 19.3. The number of alkyl halides is 3. The van der Waals surface area contributed by atoms with Crippen molar-refractivity contribution >= 4 is 17.6 Å². The van der Waals surface area contributed by atoms with Gasteiger partial charge in [0.15, 0.2) is 6.04 Å². The molecular weight excluding hydrogens is 565 g/mol. The normalized spacial score (nSPS) is 12.1. The van der Waals surface area contributed by atoms with E-state index in [0.717, 1.165) is 34.4 Å². The third kappa shape index (κ3) is 8.10. The molecule has 0 aliphatic heterocycles. The molecule has 8 nitrogen and oxygen atoms in total. The van der Waals surface area contributed by atoms with Crippen molar-refractivity contribution in [3.63, 3.8) is 0 Å². The number of anilines is 1. The Labute approximate surface area is 245 Å². The van der Waals surface area contributed by atoms with Crippen molar-refractivity contribution in [2.45, 2.75) is 38.8 Å². The molecule has 0 aliphatic carbocycles. The Bertz CT molecular complexity index is 1620. The van der Waals surface area contributed by atoms with Crippen LogP contribution in [0.3, 0.4) is 0 Å². The number of hydrogen-bond acceptors (Lipinski definition) is 5. The van der Waals surface area contributed by atoms with Crippen LogP contribution in [0.25, 0.3) is 11.1 Å². The van der Waals surface area contributed by atoms with Crippen LogP contribution in [0.15, 0.2) is 95.9 Å². The average molecular weight is 595 g/mol. The van der Waals surface area contributed by atoms with Gasteiger partial charge in [-0.1, -0.05) is 42.5 Å². The molecule has 1 unspecified atom stereocenters. The van der Waals surface area contributed by atoms with Crippen molar-refractivity contribution in [3.05, 3.63) is 118 Å². The number of aromatic nitrogens is 1. The van der Waals surface area contributed by atoms with Gasteiger partial charge in [-0.05, 0) is 67.4 Å². The summed E-state index contributed by atoms with van der Waals surface area (Å²) in [4.78, 5) is 38.8. The predicted octanol–water partition coefficient (Wildman–Crippen LogP) is 6.42. The Balaban J connectivity index is 1.70. The van der Waals surface area contributed by atoms with Crippen LogP contribution >= 0.6 is 0 Å². The molecule has 11 heteroatoms. The van der Waals surface area contributed by atoms with Crippen LogP contribution < -0.4 is 15.6 Å². The van der Waals surface area contributed by atoms with E-state index >= 15 is 0 Å². The Morgan fingerprint density at radius 2 is 1.58 bits per heavy atom. The first-order valence-corrected chi connectivity index (χ1v) is 13.3. The summed E-state index contributed by atoms with van der Waals surface area (Å²) in [5.74, 6) is -1.59. The van der Waals surface area contributed by atoms with E-state index in [-0.39, 0.29) is 30.6 Å². The summed E-state index contributed by atoms with van der Waals surface area (Å²) in [6.45, 7) is 3.50. The maximum absolute atomic E-state index is 13.5. The summed E-state index contributed by atoms with van der Waals surface area (Å²) in [5.41, 5.74) is -0.366. The van der Waals surface area contributed by atoms with Gasteiger partial charge in [-0.3, -0.25) is 14.2 Å². The van der Waals surface area contributed by atoms with E-state index in [0.29, 0.717) is 16.9 Å². The number of carboxylic acid groups (broad SMARTS) is 1. The summed E-state index contributed by atoms with van der Waals surface area (Å²) in [7, 11) is 0. The molecule has 0 bridgehead atoms. The second kappa shape index (κ2) is 13.4. The summed E-state index contributed by atoms with van der Waals surface area (Å²) in [5, 5.41) is 12.5. The highest BCUT2D eigenvalue weighted by atomic mass is 19.4. The molecule has 1 atom stereocenters. The van der Waals surface area contributed by atoms with E-state index in [1.54, 1.807) is 24.3 Å². The fraction of sp³-hybridized carbons (Fsp3) is 0.219. The van der Waals surface area contributed by atoms with Crippen molar-refractivity contribution < 1.29 is 37.3 Å². The lowest BCUT2D eigenvalue weighted by molar-refractivity contribution is -0.143. The van der Waals surface area contributed by atoms with Crippen LogP contribution in [0.1, 0.15) is 41.4 Å². The van der Waals surface area contributed by atoms with Crippen molar-refractivity contribution in [1.82, 2.24) is 4.57 Å². The number of rotatable bonds is 11. The third-order valence-corrected chi connectivity index (χ3v) is 6.33. The van der Waals surface area contributed by atoms with Gasteiger partial charge in [-0.15, -0.1) is 0 Å². The number of halogens is 3. The zero-order valence-corrected chi connectivity index (χ0v) is 23.3. The SMILES string of the molecule is CC(C)Oc1ccc(-c2cc(NC(=O)c3ccc(C(F)(F)F)cc3)c(=O)n(C(COCc3ccccc3)C(=O)O)c2)cc1. The third-order valence-electron chi connectivity index (χ3n) is 6.33. The number of aliphatic carboxylic acids is 1. The Kier molecular flexibility index (Phi) is 9.66. The first-order valence-electron chi connectivity index (χ1n) is 13.3. The highest BCUT2D eigenvalue weighted by Gasteiger charge is 2.30. The largest absolute Gasteiger partial charge is 0.491 e. The lowest BCUT2D eigenvalue weighted by atomic mass is 10.1. The molecule has 1 heterocycles. The number of nitrogens with zero attached hydrogens (tertiary/aromatic N) is 1. The number of ether oxygens (including phenoxy) is 2. The van der Waals surface area contributed by atoms with Gasteiger partial charge in [0.25, 0.3) is 11.5 Å². The topological polar surface area (TPSA) is 107 Å². The number of carbonyl (C=O) groups excluding carboxylic acids is 1. The van der Waals surface area contributed by atoms with Crippen LogP contribution in [-0.4, -0.2) is 34.3 Å². The van der Waals surface area contributed by atoms with Crippen molar-refractivity contribution in [2.75, 3.05) is 11.9 Å². The van der Waals surface area contributed by atoms with Gasteiger partial charge in [0, 0.05) is 17.3 Å². The van der Waals surface area contributed by atoms with E-state index in [9.17, 15) is 32.7 Å². The maximum atomic E-state index is 13.5. The second-order valence-corrected chi connectivity index (χ2v) is 9.93. The van der Waals surface area contributed by atoms with Crippen molar-refractivity contribution in [3.8, 4) is 16.9 Å². The molecule has 43 heavy (non-hydrogen) atoms. The van der Waals surface area contributed by atoms with Gasteiger partial charge in [-0.25, -0.2) is 4.79 Å².